The zero-order chi connectivity index (χ0) is 11.8. The summed E-state index contributed by atoms with van der Waals surface area (Å²) in [7, 11) is 1.53. The van der Waals surface area contributed by atoms with E-state index in [2.05, 4.69) is 5.32 Å². The fraction of sp³-hybridized carbons (Fsp3) is 0.300. The van der Waals surface area contributed by atoms with Gasteiger partial charge in [0.25, 0.3) is 9.05 Å². The average molecular weight is 260 g/mol. The van der Waals surface area contributed by atoms with Gasteiger partial charge < -0.3 is 5.32 Å². The summed E-state index contributed by atoms with van der Waals surface area (Å²) in [5, 5.41) is 2.81. The number of nitrogens with one attached hydrogen (secondary N) is 1. The van der Waals surface area contributed by atoms with Crippen molar-refractivity contribution in [2.75, 3.05) is 0 Å². The Kier molecular flexibility index (Phi) is 2.90. The first-order valence-corrected chi connectivity index (χ1v) is 7.12. The van der Waals surface area contributed by atoms with Crippen LogP contribution in [0.3, 0.4) is 0 Å². The van der Waals surface area contributed by atoms with Gasteiger partial charge in [0.15, 0.2) is 0 Å². The molecular formula is C10H10ClNO3S. The molecule has 16 heavy (non-hydrogen) atoms. The highest BCUT2D eigenvalue weighted by atomic mass is 35.7. The predicted octanol–water partition coefficient (Wildman–Crippen LogP) is 1.57. The molecule has 0 spiro atoms. The Morgan fingerprint density at radius 2 is 1.88 bits per heavy atom. The second kappa shape index (κ2) is 4.07. The molecule has 2 rings (SSSR count). The zero-order valence-corrected chi connectivity index (χ0v) is 9.88. The summed E-state index contributed by atoms with van der Waals surface area (Å²) in [6.45, 7) is 0. The first-order valence-electron chi connectivity index (χ1n) is 4.81. The lowest BCUT2D eigenvalue weighted by Crippen LogP contribution is -2.18. The number of rotatable bonds is 2. The van der Waals surface area contributed by atoms with Gasteiger partial charge in [-0.3, -0.25) is 4.79 Å². The van der Waals surface area contributed by atoms with Crippen LogP contribution in [0.15, 0.2) is 29.2 Å². The number of benzene rings is 1. The van der Waals surface area contributed by atoms with Crippen molar-refractivity contribution in [1.82, 2.24) is 5.32 Å². The van der Waals surface area contributed by atoms with Crippen molar-refractivity contribution in [3.05, 3.63) is 29.8 Å². The van der Waals surface area contributed by atoms with Crippen molar-refractivity contribution in [2.24, 2.45) is 0 Å². The predicted molar refractivity (Wildman–Crippen MR) is 59.6 cm³/mol. The van der Waals surface area contributed by atoms with Crippen molar-refractivity contribution >= 4 is 25.6 Å². The van der Waals surface area contributed by atoms with E-state index in [1.54, 1.807) is 12.1 Å². The molecule has 1 aliphatic heterocycles. The van der Waals surface area contributed by atoms with E-state index in [0.29, 0.717) is 6.42 Å². The van der Waals surface area contributed by atoms with Gasteiger partial charge in [-0.25, -0.2) is 8.42 Å². The lowest BCUT2D eigenvalue weighted by molar-refractivity contribution is -0.119. The molecule has 6 heteroatoms. The summed E-state index contributed by atoms with van der Waals surface area (Å²) < 4.78 is 22.0. The van der Waals surface area contributed by atoms with Crippen LogP contribution in [0.4, 0.5) is 0 Å². The molecular weight excluding hydrogens is 250 g/mol. The van der Waals surface area contributed by atoms with Crippen molar-refractivity contribution in [3.63, 3.8) is 0 Å². The van der Waals surface area contributed by atoms with Crippen LogP contribution in [0, 0.1) is 0 Å². The molecule has 1 atom stereocenters. The van der Waals surface area contributed by atoms with E-state index in [1.165, 1.54) is 12.1 Å². The molecule has 1 saturated heterocycles. The van der Waals surface area contributed by atoms with E-state index < -0.39 is 9.05 Å². The largest absolute Gasteiger partial charge is 0.349 e. The Bertz CT molecular complexity index is 509. The quantitative estimate of drug-likeness (QED) is 0.820. The molecule has 0 saturated carbocycles. The van der Waals surface area contributed by atoms with Gasteiger partial charge in [-0.1, -0.05) is 12.1 Å². The minimum atomic E-state index is -3.67. The van der Waals surface area contributed by atoms with Gasteiger partial charge in [0.1, 0.15) is 0 Å². The normalized spacial score (nSPS) is 20.8. The summed E-state index contributed by atoms with van der Waals surface area (Å²) in [6.07, 6.45) is 1.26. The molecule has 1 aliphatic rings. The molecule has 1 heterocycles. The van der Waals surface area contributed by atoms with Crippen LogP contribution in [0.25, 0.3) is 0 Å². The zero-order valence-electron chi connectivity index (χ0n) is 8.31. The molecule has 1 aromatic carbocycles. The topological polar surface area (TPSA) is 63.2 Å². The van der Waals surface area contributed by atoms with E-state index in [1.807, 2.05) is 0 Å². The maximum Gasteiger partial charge on any atom is 0.261 e. The molecule has 1 amide bonds. The number of hydrogen-bond acceptors (Lipinski definition) is 3. The second-order valence-electron chi connectivity index (χ2n) is 3.67. The number of carbonyl (C=O) groups is 1. The second-order valence-corrected chi connectivity index (χ2v) is 6.23. The van der Waals surface area contributed by atoms with Crippen LogP contribution in [0.5, 0.6) is 0 Å². The van der Waals surface area contributed by atoms with Crippen LogP contribution in [-0.2, 0) is 13.8 Å². The third-order valence-electron chi connectivity index (χ3n) is 2.56. The van der Waals surface area contributed by atoms with E-state index in [4.69, 9.17) is 10.7 Å². The molecule has 0 radical (unpaired) electrons. The maximum atomic E-state index is 11.0. The van der Waals surface area contributed by atoms with E-state index in [-0.39, 0.29) is 16.8 Å². The van der Waals surface area contributed by atoms with E-state index >= 15 is 0 Å². The van der Waals surface area contributed by atoms with Gasteiger partial charge in [0.2, 0.25) is 5.91 Å². The van der Waals surface area contributed by atoms with Crippen molar-refractivity contribution in [1.29, 1.82) is 0 Å². The molecule has 1 aromatic rings. The minimum Gasteiger partial charge on any atom is -0.349 e. The number of hydrogen-bond donors (Lipinski definition) is 1. The minimum absolute atomic E-state index is 0.0143. The van der Waals surface area contributed by atoms with E-state index in [9.17, 15) is 13.2 Å². The highest BCUT2D eigenvalue weighted by molar-refractivity contribution is 8.13. The fourth-order valence-electron chi connectivity index (χ4n) is 1.73. The lowest BCUT2D eigenvalue weighted by atomic mass is 10.1. The maximum absolute atomic E-state index is 11.0. The summed E-state index contributed by atoms with van der Waals surface area (Å²) >= 11 is 0. The SMILES string of the molecule is O=C1CC[C@@H](c2ccc(S(=O)(=O)Cl)cc2)N1. The highest BCUT2D eigenvalue weighted by Gasteiger charge is 2.22. The van der Waals surface area contributed by atoms with Crippen molar-refractivity contribution in [3.8, 4) is 0 Å². The summed E-state index contributed by atoms with van der Waals surface area (Å²) in [4.78, 5) is 11.1. The Labute approximate surface area is 98.0 Å². The Hall–Kier alpha value is -1.07. The van der Waals surface area contributed by atoms with Gasteiger partial charge in [0.05, 0.1) is 10.9 Å². The molecule has 0 aromatic heterocycles. The summed E-state index contributed by atoms with van der Waals surface area (Å²) in [5.41, 5.74) is 0.898. The summed E-state index contributed by atoms with van der Waals surface area (Å²) in [5.74, 6) is 0.0269. The van der Waals surface area contributed by atoms with Gasteiger partial charge in [-0.05, 0) is 24.1 Å². The molecule has 4 nitrogen and oxygen atoms in total. The molecule has 0 unspecified atom stereocenters. The Balaban J connectivity index is 2.23. The van der Waals surface area contributed by atoms with Crippen molar-refractivity contribution < 1.29 is 13.2 Å². The van der Waals surface area contributed by atoms with Gasteiger partial charge in [-0.2, -0.15) is 0 Å². The smallest absolute Gasteiger partial charge is 0.261 e. The summed E-state index contributed by atoms with van der Waals surface area (Å²) in [6, 6.07) is 6.22. The fourth-order valence-corrected chi connectivity index (χ4v) is 2.50. The number of halogens is 1. The lowest BCUT2D eigenvalue weighted by Gasteiger charge is -2.10. The monoisotopic (exact) mass is 259 g/mol. The molecule has 0 aliphatic carbocycles. The van der Waals surface area contributed by atoms with Crippen LogP contribution in [-0.4, -0.2) is 14.3 Å². The van der Waals surface area contributed by atoms with Crippen LogP contribution in [0.1, 0.15) is 24.4 Å². The third kappa shape index (κ3) is 2.36. The van der Waals surface area contributed by atoms with E-state index in [0.717, 1.165) is 12.0 Å². The molecule has 1 fully saturated rings. The number of amides is 1. The van der Waals surface area contributed by atoms with Crippen LogP contribution in [0.2, 0.25) is 0 Å². The highest BCUT2D eigenvalue weighted by Crippen LogP contribution is 2.25. The first kappa shape index (κ1) is 11.4. The molecule has 86 valence electrons. The van der Waals surface area contributed by atoms with Crippen LogP contribution < -0.4 is 5.32 Å². The first-order chi connectivity index (χ1) is 7.47. The molecule has 1 N–H and O–H groups in total. The molecule has 0 bridgehead atoms. The Morgan fingerprint density at radius 1 is 1.25 bits per heavy atom. The van der Waals surface area contributed by atoms with Crippen molar-refractivity contribution in [2.45, 2.75) is 23.8 Å². The standard InChI is InChI=1S/C10H10ClNO3S/c11-16(14,15)8-3-1-7(2-4-8)9-5-6-10(13)12-9/h1-4,9H,5-6H2,(H,12,13)/t9-/m0/s1. The number of carbonyl (C=O) groups excluding carboxylic acids is 1. The third-order valence-corrected chi connectivity index (χ3v) is 3.93. The average Bonchev–Trinajstić information content (AvgIpc) is 2.64. The van der Waals surface area contributed by atoms with Gasteiger partial charge in [0, 0.05) is 17.1 Å². The van der Waals surface area contributed by atoms with Crippen LogP contribution >= 0.6 is 10.7 Å². The van der Waals surface area contributed by atoms with Gasteiger partial charge in [-0.15, -0.1) is 0 Å². The van der Waals surface area contributed by atoms with Gasteiger partial charge >= 0.3 is 0 Å². The Morgan fingerprint density at radius 3 is 2.31 bits per heavy atom.